The van der Waals surface area contributed by atoms with Gasteiger partial charge >= 0.3 is 0 Å². The minimum absolute atomic E-state index is 0.0135. The van der Waals surface area contributed by atoms with Crippen molar-refractivity contribution in [3.8, 4) is 0 Å². The van der Waals surface area contributed by atoms with Gasteiger partial charge in [-0.2, -0.15) is 15.0 Å². The number of benzene rings is 1. The van der Waals surface area contributed by atoms with Gasteiger partial charge in [0.05, 0.1) is 6.04 Å². The van der Waals surface area contributed by atoms with Crippen LogP contribution in [0.15, 0.2) is 30.3 Å². The van der Waals surface area contributed by atoms with E-state index in [1.165, 1.54) is 0 Å². The minimum Gasteiger partial charge on any atom is -0.348 e. The van der Waals surface area contributed by atoms with Gasteiger partial charge in [0.1, 0.15) is 0 Å². The topological polar surface area (TPSA) is 161 Å². The van der Waals surface area contributed by atoms with Crippen molar-refractivity contribution in [1.82, 2.24) is 15.0 Å². The third-order valence-corrected chi connectivity index (χ3v) is 5.85. The second-order valence-electron chi connectivity index (χ2n) is 8.86. The first kappa shape index (κ1) is 21.7. The molecule has 0 spiro atoms. The van der Waals surface area contributed by atoms with Crippen LogP contribution in [0.25, 0.3) is 0 Å². The van der Waals surface area contributed by atoms with Gasteiger partial charge in [0, 0.05) is 50.3 Å². The number of nitrogens with one attached hydrogen (secondary N) is 1. The first-order valence-corrected chi connectivity index (χ1v) is 11.0. The highest BCUT2D eigenvalue weighted by Crippen LogP contribution is 2.24. The molecule has 2 aliphatic rings. The number of hydrogen-bond donors (Lipinski definition) is 5. The van der Waals surface area contributed by atoms with Crippen LogP contribution in [0.3, 0.4) is 0 Å². The van der Waals surface area contributed by atoms with E-state index in [0.717, 1.165) is 18.4 Å². The molecule has 1 aromatic heterocycles. The van der Waals surface area contributed by atoms with E-state index in [4.69, 9.17) is 37.9 Å². The molecule has 0 amide bonds. The average Bonchev–Trinajstić information content (AvgIpc) is 2.73. The smallest absolute Gasteiger partial charge is 0.232 e. The van der Waals surface area contributed by atoms with Gasteiger partial charge in [-0.05, 0) is 25.3 Å². The van der Waals surface area contributed by atoms with Gasteiger partial charge in [-0.25, -0.2) is 0 Å². The Bertz CT molecular complexity index is 798. The number of nitrogens with zero attached hydrogens (tertiary/aromatic N) is 5. The number of rotatable bonds is 5. The van der Waals surface area contributed by atoms with Crippen LogP contribution in [-0.2, 0) is 0 Å². The van der Waals surface area contributed by atoms with Crippen molar-refractivity contribution in [3.63, 3.8) is 0 Å². The summed E-state index contributed by atoms with van der Waals surface area (Å²) in [6, 6.07) is 10.2. The van der Waals surface area contributed by atoms with Crippen LogP contribution in [-0.4, -0.2) is 65.3 Å². The summed E-state index contributed by atoms with van der Waals surface area (Å²) in [5.74, 6) is 1.66. The summed E-state index contributed by atoms with van der Waals surface area (Å²) in [5.41, 5.74) is 26.0. The molecule has 0 saturated carbocycles. The van der Waals surface area contributed by atoms with Crippen LogP contribution in [0, 0.1) is 0 Å². The summed E-state index contributed by atoms with van der Waals surface area (Å²) in [6.45, 7) is 4.71. The predicted molar refractivity (Wildman–Crippen MR) is 124 cm³/mol. The molecule has 9 N–H and O–H groups in total. The van der Waals surface area contributed by atoms with Crippen molar-refractivity contribution in [2.45, 2.75) is 50.0 Å². The van der Waals surface area contributed by atoms with E-state index in [0.29, 0.717) is 44.0 Å². The third kappa shape index (κ3) is 5.40. The van der Waals surface area contributed by atoms with Crippen LogP contribution in [0.5, 0.6) is 0 Å². The van der Waals surface area contributed by atoms with Gasteiger partial charge in [-0.3, -0.25) is 0 Å². The summed E-state index contributed by atoms with van der Waals surface area (Å²) >= 11 is 0. The van der Waals surface area contributed by atoms with Crippen molar-refractivity contribution in [2.24, 2.45) is 22.9 Å². The molecular weight excluding hydrogens is 392 g/mol. The van der Waals surface area contributed by atoms with Gasteiger partial charge in [0.25, 0.3) is 0 Å². The van der Waals surface area contributed by atoms with Crippen LogP contribution < -0.4 is 38.1 Å². The normalized spacial score (nSPS) is 27.8. The molecular formula is C21H34N10. The fourth-order valence-corrected chi connectivity index (χ4v) is 4.40. The summed E-state index contributed by atoms with van der Waals surface area (Å²) in [5, 5.41) is 3.42. The van der Waals surface area contributed by atoms with E-state index in [2.05, 4.69) is 24.4 Å². The number of hydrogen-bond acceptors (Lipinski definition) is 10. The van der Waals surface area contributed by atoms with Crippen LogP contribution in [0.1, 0.15) is 31.4 Å². The maximum atomic E-state index is 6.21. The molecule has 2 fully saturated rings. The van der Waals surface area contributed by atoms with Crippen LogP contribution in [0.2, 0.25) is 0 Å². The van der Waals surface area contributed by atoms with Gasteiger partial charge in [-0.1, -0.05) is 30.3 Å². The Labute approximate surface area is 183 Å². The lowest BCUT2D eigenvalue weighted by Crippen LogP contribution is -2.54. The summed E-state index contributed by atoms with van der Waals surface area (Å²) < 4.78 is 0. The third-order valence-electron chi connectivity index (χ3n) is 5.85. The number of aromatic nitrogens is 3. The fraction of sp³-hybridized carbons (Fsp3) is 0.571. The second kappa shape index (κ2) is 9.31. The highest BCUT2D eigenvalue weighted by atomic mass is 15.4. The Kier molecular flexibility index (Phi) is 6.51. The van der Waals surface area contributed by atoms with Gasteiger partial charge in [0.15, 0.2) is 0 Å². The molecule has 2 saturated heterocycles. The lowest BCUT2D eigenvalue weighted by atomic mass is 10.0. The van der Waals surface area contributed by atoms with Crippen LogP contribution in [0.4, 0.5) is 17.8 Å². The Balaban J connectivity index is 1.64. The molecule has 31 heavy (non-hydrogen) atoms. The molecule has 10 nitrogen and oxygen atoms in total. The molecule has 10 heteroatoms. The summed E-state index contributed by atoms with van der Waals surface area (Å²) in [6.07, 6.45) is 1.58. The first-order chi connectivity index (χ1) is 14.9. The van der Waals surface area contributed by atoms with E-state index >= 15 is 0 Å². The molecule has 4 rings (SSSR count). The molecule has 5 atom stereocenters. The van der Waals surface area contributed by atoms with Gasteiger partial charge in [0.2, 0.25) is 17.8 Å². The highest BCUT2D eigenvalue weighted by molar-refractivity contribution is 5.47. The number of piperidine rings is 2. The van der Waals surface area contributed by atoms with Crippen molar-refractivity contribution in [2.75, 3.05) is 41.3 Å². The molecule has 0 radical (unpaired) electrons. The number of anilines is 3. The zero-order valence-corrected chi connectivity index (χ0v) is 18.1. The van der Waals surface area contributed by atoms with Crippen LogP contribution >= 0.6 is 0 Å². The van der Waals surface area contributed by atoms with Gasteiger partial charge < -0.3 is 38.1 Å². The van der Waals surface area contributed by atoms with Crippen molar-refractivity contribution in [3.05, 3.63) is 35.9 Å². The Morgan fingerprint density at radius 3 is 1.68 bits per heavy atom. The molecule has 2 aliphatic heterocycles. The van der Waals surface area contributed by atoms with Crippen molar-refractivity contribution >= 4 is 17.8 Å². The number of nitrogens with two attached hydrogens (primary N) is 4. The first-order valence-electron chi connectivity index (χ1n) is 11.0. The van der Waals surface area contributed by atoms with Gasteiger partial charge in [-0.15, -0.1) is 0 Å². The molecule has 0 aliphatic carbocycles. The quantitative estimate of drug-likeness (QED) is 0.432. The zero-order chi connectivity index (χ0) is 22.0. The highest BCUT2D eigenvalue weighted by Gasteiger charge is 2.29. The molecule has 168 valence electrons. The molecule has 2 aromatic rings. The standard InChI is InChI=1S/C21H34N10/c1-13(14-5-3-2-4-6-14)26-19-27-20(30-9-15(22)7-16(23)10-30)29-21(28-19)31-11-17(24)8-18(25)12-31/h2-6,13,15-18H,7-12,22-25H2,1H3,(H,26,27,28,29). The maximum absolute atomic E-state index is 6.21. The maximum Gasteiger partial charge on any atom is 0.232 e. The Morgan fingerprint density at radius 1 is 0.774 bits per heavy atom. The average molecular weight is 427 g/mol. The van der Waals surface area contributed by atoms with E-state index in [9.17, 15) is 0 Å². The summed E-state index contributed by atoms with van der Waals surface area (Å²) in [7, 11) is 0. The van der Waals surface area contributed by atoms with E-state index in [1.54, 1.807) is 0 Å². The molecule has 0 bridgehead atoms. The summed E-state index contributed by atoms with van der Waals surface area (Å²) in [4.78, 5) is 18.3. The van der Waals surface area contributed by atoms with E-state index in [1.807, 2.05) is 28.0 Å². The Hall–Kier alpha value is -2.53. The van der Waals surface area contributed by atoms with E-state index in [-0.39, 0.29) is 30.2 Å². The molecule has 1 aromatic carbocycles. The van der Waals surface area contributed by atoms with Crippen molar-refractivity contribution < 1.29 is 0 Å². The molecule has 5 unspecified atom stereocenters. The molecule has 3 heterocycles. The second-order valence-corrected chi connectivity index (χ2v) is 8.86. The van der Waals surface area contributed by atoms with E-state index < -0.39 is 0 Å². The SMILES string of the molecule is CC(Nc1nc(N2CC(N)CC(N)C2)nc(N2CC(N)CC(N)C2)n1)c1ccccc1. The lowest BCUT2D eigenvalue weighted by molar-refractivity contribution is 0.441. The largest absolute Gasteiger partial charge is 0.348 e. The lowest BCUT2D eigenvalue weighted by Gasteiger charge is -2.37. The minimum atomic E-state index is -0.0135. The van der Waals surface area contributed by atoms with Crippen molar-refractivity contribution in [1.29, 1.82) is 0 Å². The zero-order valence-electron chi connectivity index (χ0n) is 18.1. The monoisotopic (exact) mass is 426 g/mol. The predicted octanol–water partition coefficient (Wildman–Crippen LogP) is -0.226. The fourth-order valence-electron chi connectivity index (χ4n) is 4.40. The Morgan fingerprint density at radius 2 is 1.23 bits per heavy atom.